The fourth-order valence-corrected chi connectivity index (χ4v) is 6.53. The predicted molar refractivity (Wildman–Crippen MR) is 172 cm³/mol. The summed E-state index contributed by atoms with van der Waals surface area (Å²) in [6, 6.07) is -2.56. The fourth-order valence-electron chi connectivity index (χ4n) is 5.31. The van der Waals surface area contributed by atoms with E-state index in [0.29, 0.717) is 32.2 Å². The Morgan fingerprint density at radius 2 is 1.59 bits per heavy atom. The first-order valence-corrected chi connectivity index (χ1v) is 17.0. The number of carbonyl (C=O) groups excluding carboxylic acids is 5. The van der Waals surface area contributed by atoms with Gasteiger partial charge in [-0.05, 0) is 44.9 Å². The molecule has 2 fully saturated rings. The Balaban J connectivity index is 1.82. The highest BCUT2D eigenvalue weighted by atomic mass is 32.2. The van der Waals surface area contributed by atoms with Gasteiger partial charge in [-0.1, -0.05) is 0 Å². The molecule has 19 heteroatoms. The second-order valence-corrected chi connectivity index (χ2v) is 13.6. The molecule has 276 valence electrons. The average molecular weight is 718 g/mol. The molecule has 1 aliphatic carbocycles. The first-order chi connectivity index (χ1) is 23.1. The van der Waals surface area contributed by atoms with Crippen LogP contribution in [-0.4, -0.2) is 136 Å². The summed E-state index contributed by atoms with van der Waals surface area (Å²) >= 11 is 0.982. The number of thioether (sulfide) groups is 1. The highest BCUT2D eigenvalue weighted by Crippen LogP contribution is 2.39. The maximum Gasteiger partial charge on any atom is 0.322 e. The van der Waals surface area contributed by atoms with Gasteiger partial charge in [0.05, 0.1) is 39.3 Å². The van der Waals surface area contributed by atoms with Gasteiger partial charge in [-0.15, -0.1) is 11.8 Å². The van der Waals surface area contributed by atoms with Gasteiger partial charge in [0.1, 0.15) is 23.4 Å². The molecular weight excluding hydrogens is 670 g/mol. The molecule has 2 aliphatic rings. The van der Waals surface area contributed by atoms with Crippen LogP contribution in [0.1, 0.15) is 58.3 Å². The molecule has 0 aromatic carbocycles. The molecule has 0 radical (unpaired) electrons. The van der Waals surface area contributed by atoms with Crippen LogP contribution in [0.4, 0.5) is 0 Å². The van der Waals surface area contributed by atoms with Crippen LogP contribution >= 0.6 is 11.8 Å². The third kappa shape index (κ3) is 14.7. The maximum absolute atomic E-state index is 13.5. The van der Waals surface area contributed by atoms with Gasteiger partial charge in [0.2, 0.25) is 29.5 Å². The number of nitrogens with zero attached hydrogens (tertiary/aromatic N) is 1. The molecule has 3 atom stereocenters. The standard InChI is InChI=1S/C30H47N5O13S/c1-30(49-17-21(27(43)33-15-25(40)41)34-22(36)7-6-20(31)28(44)45)14-23(37)35(29(30)46)16-18-2-4-19(5-3-18)26(42)32-9-11-48-13-12-47-10-8-24(38)39/h18-21H,2-17,31H2,1H3,(H,32,42)(H,33,43)(H,34,36)(H,38,39)(H,40,41)(H,44,45). The molecule has 1 aliphatic heterocycles. The van der Waals surface area contributed by atoms with E-state index < -0.39 is 59.0 Å². The summed E-state index contributed by atoms with van der Waals surface area (Å²) in [5.74, 6) is -6.37. The number of rotatable bonds is 23. The van der Waals surface area contributed by atoms with E-state index in [1.165, 1.54) is 4.90 Å². The van der Waals surface area contributed by atoms with Crippen molar-refractivity contribution in [3.8, 4) is 0 Å². The third-order valence-corrected chi connectivity index (χ3v) is 9.61. The highest BCUT2D eigenvalue weighted by molar-refractivity contribution is 8.01. The molecule has 49 heavy (non-hydrogen) atoms. The van der Waals surface area contributed by atoms with E-state index in [1.54, 1.807) is 6.92 Å². The van der Waals surface area contributed by atoms with Crippen molar-refractivity contribution in [2.45, 2.75) is 75.1 Å². The van der Waals surface area contributed by atoms with E-state index in [9.17, 15) is 38.4 Å². The summed E-state index contributed by atoms with van der Waals surface area (Å²) in [6.07, 6.45) is 1.70. The van der Waals surface area contributed by atoms with Gasteiger partial charge in [-0.2, -0.15) is 0 Å². The van der Waals surface area contributed by atoms with Gasteiger partial charge in [0.25, 0.3) is 0 Å². The van der Waals surface area contributed by atoms with Gasteiger partial charge >= 0.3 is 17.9 Å². The lowest BCUT2D eigenvalue weighted by Gasteiger charge is -2.31. The van der Waals surface area contributed by atoms with Crippen molar-refractivity contribution < 1.29 is 63.1 Å². The van der Waals surface area contributed by atoms with Crippen molar-refractivity contribution in [3.63, 3.8) is 0 Å². The van der Waals surface area contributed by atoms with Gasteiger partial charge in [-0.25, -0.2) is 0 Å². The number of hydrogen-bond acceptors (Lipinski definition) is 12. The highest BCUT2D eigenvalue weighted by Gasteiger charge is 2.49. The van der Waals surface area contributed by atoms with Crippen molar-refractivity contribution >= 4 is 59.2 Å². The van der Waals surface area contributed by atoms with Gasteiger partial charge in [0.15, 0.2) is 0 Å². The zero-order valence-electron chi connectivity index (χ0n) is 27.5. The molecule has 0 bridgehead atoms. The lowest BCUT2D eigenvalue weighted by molar-refractivity contribution is -0.141. The van der Waals surface area contributed by atoms with Gasteiger partial charge in [0, 0.05) is 31.2 Å². The fraction of sp³-hybridized carbons (Fsp3) is 0.733. The van der Waals surface area contributed by atoms with Crippen molar-refractivity contribution in [1.82, 2.24) is 20.9 Å². The summed E-state index contributed by atoms with van der Waals surface area (Å²) in [7, 11) is 0. The zero-order valence-corrected chi connectivity index (χ0v) is 28.3. The minimum absolute atomic E-state index is 0.000216. The monoisotopic (exact) mass is 717 g/mol. The number of carboxylic acids is 3. The third-order valence-electron chi connectivity index (χ3n) is 8.16. The Morgan fingerprint density at radius 3 is 2.20 bits per heavy atom. The number of aliphatic carboxylic acids is 3. The zero-order chi connectivity index (χ0) is 36.6. The number of hydrogen-bond donors (Lipinski definition) is 7. The second-order valence-electron chi connectivity index (χ2n) is 12.1. The van der Waals surface area contributed by atoms with Crippen molar-refractivity contribution in [2.24, 2.45) is 17.6 Å². The Hall–Kier alpha value is -3.81. The quantitative estimate of drug-likeness (QED) is 0.0470. The van der Waals surface area contributed by atoms with E-state index in [0.717, 1.165) is 11.8 Å². The largest absolute Gasteiger partial charge is 0.481 e. The summed E-state index contributed by atoms with van der Waals surface area (Å²) in [4.78, 5) is 97.7. The molecule has 2 rings (SSSR count). The van der Waals surface area contributed by atoms with Crippen molar-refractivity contribution in [2.75, 3.05) is 51.8 Å². The molecule has 18 nitrogen and oxygen atoms in total. The lowest BCUT2D eigenvalue weighted by Crippen LogP contribution is -2.50. The van der Waals surface area contributed by atoms with Crippen LogP contribution < -0.4 is 21.7 Å². The Morgan fingerprint density at radius 1 is 0.939 bits per heavy atom. The van der Waals surface area contributed by atoms with E-state index in [2.05, 4.69) is 16.0 Å². The molecule has 1 heterocycles. The molecule has 0 aromatic rings. The maximum atomic E-state index is 13.5. The van der Waals surface area contributed by atoms with Crippen LogP contribution in [0, 0.1) is 11.8 Å². The molecule has 3 unspecified atom stereocenters. The normalized spacial score (nSPS) is 21.9. The number of ether oxygens (including phenoxy) is 2. The van der Waals surface area contributed by atoms with Gasteiger partial charge < -0.3 is 46.5 Å². The molecule has 5 amide bonds. The topological polar surface area (TPSA) is 281 Å². The minimum atomic E-state index is -1.31. The lowest BCUT2D eigenvalue weighted by atomic mass is 9.81. The summed E-state index contributed by atoms with van der Waals surface area (Å²) in [5, 5.41) is 33.9. The smallest absolute Gasteiger partial charge is 0.322 e. The van der Waals surface area contributed by atoms with E-state index in [4.69, 9.17) is 30.5 Å². The Labute approximate surface area is 287 Å². The number of carboxylic acid groups (broad SMARTS) is 3. The van der Waals surface area contributed by atoms with Gasteiger partial charge in [-0.3, -0.25) is 43.3 Å². The van der Waals surface area contributed by atoms with Crippen LogP contribution in [0.15, 0.2) is 0 Å². The number of likely N-dealkylation sites (tertiary alicyclic amines) is 1. The molecule has 1 saturated heterocycles. The predicted octanol–water partition coefficient (Wildman–Crippen LogP) is -1.45. The van der Waals surface area contributed by atoms with E-state index >= 15 is 0 Å². The molecular formula is C30H47N5O13S. The van der Waals surface area contributed by atoms with Crippen LogP contribution in [0.5, 0.6) is 0 Å². The summed E-state index contributed by atoms with van der Waals surface area (Å²) in [6.45, 7) is 2.26. The van der Waals surface area contributed by atoms with Crippen LogP contribution in [0.2, 0.25) is 0 Å². The Kier molecular flexibility index (Phi) is 17.4. The average Bonchev–Trinajstić information content (AvgIpc) is 3.26. The molecule has 1 saturated carbocycles. The van der Waals surface area contributed by atoms with E-state index in [-0.39, 0.29) is 88.1 Å². The van der Waals surface area contributed by atoms with Crippen LogP contribution in [0.3, 0.4) is 0 Å². The SMILES string of the molecule is CC1(SCC(NC(=O)CCC(N)C(=O)O)C(=O)NCC(=O)O)CC(=O)N(CC2CCC(C(=O)NCCOCCOCCC(=O)O)CC2)C1=O. The molecule has 0 spiro atoms. The van der Waals surface area contributed by atoms with E-state index in [1.807, 2.05) is 0 Å². The summed E-state index contributed by atoms with van der Waals surface area (Å²) < 4.78 is 9.25. The first kappa shape index (κ1) is 41.4. The van der Waals surface area contributed by atoms with Crippen LogP contribution in [-0.2, 0) is 47.8 Å². The number of imide groups is 1. The number of nitrogens with one attached hydrogen (secondary N) is 3. The van der Waals surface area contributed by atoms with Crippen molar-refractivity contribution in [3.05, 3.63) is 0 Å². The van der Waals surface area contributed by atoms with Crippen LogP contribution in [0.25, 0.3) is 0 Å². The second kappa shape index (κ2) is 20.6. The number of carbonyl (C=O) groups is 8. The van der Waals surface area contributed by atoms with Crippen molar-refractivity contribution in [1.29, 1.82) is 0 Å². The first-order valence-electron chi connectivity index (χ1n) is 16.0. The number of amides is 5. The Bertz CT molecular complexity index is 1210. The molecule has 8 N–H and O–H groups in total. The summed E-state index contributed by atoms with van der Waals surface area (Å²) in [5.41, 5.74) is 5.43. The molecule has 0 aromatic heterocycles. The minimum Gasteiger partial charge on any atom is -0.481 e. The number of nitrogens with two attached hydrogens (primary N) is 1.